The van der Waals surface area contributed by atoms with Crippen LogP contribution in [0.1, 0.15) is 56.8 Å². The number of amides is 1. The van der Waals surface area contributed by atoms with Crippen LogP contribution in [0.15, 0.2) is 29.2 Å². The van der Waals surface area contributed by atoms with Crippen molar-refractivity contribution in [3.8, 4) is 0 Å². The fraction of sp³-hybridized carbons (Fsp3) is 0.579. The molecule has 0 fully saturated rings. The van der Waals surface area contributed by atoms with Gasteiger partial charge >= 0.3 is 0 Å². The Morgan fingerprint density at radius 2 is 1.73 bits per heavy atom. The maximum absolute atomic E-state index is 12.5. The van der Waals surface area contributed by atoms with E-state index in [-0.39, 0.29) is 23.1 Å². The molecule has 0 unspecified atom stereocenters. The molecule has 0 saturated carbocycles. The van der Waals surface area contributed by atoms with Crippen LogP contribution >= 0.6 is 0 Å². The van der Waals surface area contributed by atoms with Gasteiger partial charge in [-0.3, -0.25) is 9.59 Å². The Kier molecular flexibility index (Phi) is 8.95. The van der Waals surface area contributed by atoms with Gasteiger partial charge in [0.15, 0.2) is 5.78 Å². The zero-order valence-electron chi connectivity index (χ0n) is 16.1. The van der Waals surface area contributed by atoms with Crippen molar-refractivity contribution < 1.29 is 18.0 Å². The third kappa shape index (κ3) is 7.25. The van der Waals surface area contributed by atoms with Crippen LogP contribution in [0.3, 0.4) is 0 Å². The largest absolute Gasteiger partial charge is 0.356 e. The average molecular weight is 383 g/mol. The molecule has 7 heteroatoms. The molecule has 1 aromatic carbocycles. The summed E-state index contributed by atoms with van der Waals surface area (Å²) in [6.45, 7) is 6.64. The Hall–Kier alpha value is -1.73. The van der Waals surface area contributed by atoms with Crippen molar-refractivity contribution in [2.24, 2.45) is 5.92 Å². The van der Waals surface area contributed by atoms with Crippen molar-refractivity contribution in [2.75, 3.05) is 20.1 Å². The van der Waals surface area contributed by atoms with E-state index in [1.165, 1.54) is 42.5 Å². The van der Waals surface area contributed by atoms with E-state index in [1.807, 2.05) is 0 Å². The predicted molar refractivity (Wildman–Crippen MR) is 103 cm³/mol. The van der Waals surface area contributed by atoms with Crippen LogP contribution < -0.4 is 5.32 Å². The Labute approximate surface area is 157 Å². The molecule has 0 bridgehead atoms. The Morgan fingerprint density at radius 1 is 1.12 bits per heavy atom. The third-order valence-electron chi connectivity index (χ3n) is 4.13. The molecular formula is C19H30N2O4S. The SMILES string of the molecule is CC(=O)c1ccc(S(=O)(=O)N(C)CCCC(=O)NCCCC(C)C)cc1. The number of carbonyl (C=O) groups is 2. The first-order chi connectivity index (χ1) is 12.1. The highest BCUT2D eigenvalue weighted by Gasteiger charge is 2.20. The molecule has 6 nitrogen and oxygen atoms in total. The van der Waals surface area contributed by atoms with Gasteiger partial charge in [-0.25, -0.2) is 12.7 Å². The summed E-state index contributed by atoms with van der Waals surface area (Å²) < 4.78 is 26.2. The summed E-state index contributed by atoms with van der Waals surface area (Å²) in [6.07, 6.45) is 2.78. The molecule has 0 aliphatic heterocycles. The second kappa shape index (κ2) is 10.4. The first kappa shape index (κ1) is 22.3. The van der Waals surface area contributed by atoms with Crippen LogP contribution in [0.4, 0.5) is 0 Å². The van der Waals surface area contributed by atoms with Crippen LogP contribution in [0.25, 0.3) is 0 Å². The Morgan fingerprint density at radius 3 is 2.27 bits per heavy atom. The van der Waals surface area contributed by atoms with Crippen molar-refractivity contribution in [3.05, 3.63) is 29.8 Å². The normalized spacial score (nSPS) is 11.8. The number of benzene rings is 1. The Bertz CT molecular complexity index is 697. The molecule has 0 heterocycles. The zero-order chi connectivity index (χ0) is 19.7. The van der Waals surface area contributed by atoms with Crippen LogP contribution in [0.2, 0.25) is 0 Å². The van der Waals surface area contributed by atoms with Gasteiger partial charge in [0.25, 0.3) is 0 Å². The number of hydrogen-bond donors (Lipinski definition) is 1. The molecule has 1 N–H and O–H groups in total. The molecule has 1 aromatic rings. The van der Waals surface area contributed by atoms with Crippen LogP contribution in [0.5, 0.6) is 0 Å². The van der Waals surface area contributed by atoms with Crippen LogP contribution in [-0.2, 0) is 14.8 Å². The van der Waals surface area contributed by atoms with Crippen LogP contribution in [-0.4, -0.2) is 44.6 Å². The fourth-order valence-corrected chi connectivity index (χ4v) is 3.66. The highest BCUT2D eigenvalue weighted by atomic mass is 32.2. The molecule has 146 valence electrons. The van der Waals surface area contributed by atoms with E-state index in [4.69, 9.17) is 0 Å². The minimum absolute atomic E-state index is 0.0506. The summed E-state index contributed by atoms with van der Waals surface area (Å²) in [5.74, 6) is 0.461. The minimum Gasteiger partial charge on any atom is -0.356 e. The molecule has 0 saturated heterocycles. The van der Waals surface area contributed by atoms with Gasteiger partial charge in [-0.1, -0.05) is 26.0 Å². The van der Waals surface area contributed by atoms with Crippen molar-refractivity contribution in [3.63, 3.8) is 0 Å². The van der Waals surface area contributed by atoms with Crippen molar-refractivity contribution in [2.45, 2.75) is 51.3 Å². The quantitative estimate of drug-likeness (QED) is 0.471. The van der Waals surface area contributed by atoms with Gasteiger partial charge in [0, 0.05) is 32.1 Å². The molecule has 0 aromatic heterocycles. The lowest BCUT2D eigenvalue weighted by molar-refractivity contribution is -0.121. The minimum atomic E-state index is -3.62. The van der Waals surface area contributed by atoms with Gasteiger partial charge < -0.3 is 5.32 Å². The molecule has 1 rings (SSSR count). The number of nitrogens with zero attached hydrogens (tertiary/aromatic N) is 1. The molecule has 0 aliphatic carbocycles. The lowest BCUT2D eigenvalue weighted by atomic mass is 10.1. The second-order valence-electron chi connectivity index (χ2n) is 6.90. The molecule has 0 spiro atoms. The fourth-order valence-electron chi connectivity index (χ4n) is 2.45. The van der Waals surface area contributed by atoms with E-state index >= 15 is 0 Å². The van der Waals surface area contributed by atoms with E-state index in [1.54, 1.807) is 0 Å². The highest BCUT2D eigenvalue weighted by molar-refractivity contribution is 7.89. The lowest BCUT2D eigenvalue weighted by Crippen LogP contribution is -2.30. The van der Waals surface area contributed by atoms with E-state index in [0.29, 0.717) is 30.9 Å². The predicted octanol–water partition coefficient (Wildman–Crippen LogP) is 2.84. The molecule has 26 heavy (non-hydrogen) atoms. The first-order valence-electron chi connectivity index (χ1n) is 8.98. The first-order valence-corrected chi connectivity index (χ1v) is 10.4. The summed E-state index contributed by atoms with van der Waals surface area (Å²) in [7, 11) is -2.12. The summed E-state index contributed by atoms with van der Waals surface area (Å²) in [4.78, 5) is 23.2. The summed E-state index contributed by atoms with van der Waals surface area (Å²) in [5, 5.41) is 2.86. The maximum Gasteiger partial charge on any atom is 0.242 e. The molecule has 0 radical (unpaired) electrons. The van der Waals surface area contributed by atoms with Gasteiger partial charge in [-0.05, 0) is 44.2 Å². The number of Topliss-reactive ketones (excluding diaryl/α,β-unsaturated/α-hetero) is 1. The lowest BCUT2D eigenvalue weighted by Gasteiger charge is -2.17. The van der Waals surface area contributed by atoms with Crippen molar-refractivity contribution in [1.29, 1.82) is 0 Å². The van der Waals surface area contributed by atoms with Gasteiger partial charge in [-0.2, -0.15) is 0 Å². The Balaban J connectivity index is 2.45. The standard InChI is InChI=1S/C19H30N2O4S/c1-15(2)7-5-13-20-19(23)8-6-14-21(4)26(24,25)18-11-9-17(10-12-18)16(3)22/h9-12,15H,5-8,13-14H2,1-4H3,(H,20,23). The topological polar surface area (TPSA) is 83.6 Å². The van der Waals surface area contributed by atoms with Gasteiger partial charge in [0.1, 0.15) is 0 Å². The van der Waals surface area contributed by atoms with Gasteiger partial charge in [0.2, 0.25) is 15.9 Å². The summed E-state index contributed by atoms with van der Waals surface area (Å²) >= 11 is 0. The molecule has 0 aliphatic rings. The number of carbonyl (C=O) groups excluding carboxylic acids is 2. The summed E-state index contributed by atoms with van der Waals surface area (Å²) in [6, 6.07) is 5.88. The summed E-state index contributed by atoms with van der Waals surface area (Å²) in [5.41, 5.74) is 0.473. The number of sulfonamides is 1. The molecule has 1 amide bonds. The smallest absolute Gasteiger partial charge is 0.242 e. The maximum atomic E-state index is 12.5. The number of hydrogen-bond acceptors (Lipinski definition) is 4. The van der Waals surface area contributed by atoms with Gasteiger partial charge in [-0.15, -0.1) is 0 Å². The van der Waals surface area contributed by atoms with Crippen LogP contribution in [0, 0.1) is 5.92 Å². The second-order valence-corrected chi connectivity index (χ2v) is 8.94. The third-order valence-corrected chi connectivity index (χ3v) is 6.00. The average Bonchev–Trinajstić information content (AvgIpc) is 2.58. The highest BCUT2D eigenvalue weighted by Crippen LogP contribution is 2.16. The monoisotopic (exact) mass is 382 g/mol. The number of nitrogens with one attached hydrogen (secondary N) is 1. The van der Waals surface area contributed by atoms with Crippen molar-refractivity contribution in [1.82, 2.24) is 9.62 Å². The zero-order valence-corrected chi connectivity index (χ0v) is 16.9. The molecule has 0 atom stereocenters. The van der Waals surface area contributed by atoms with Crippen molar-refractivity contribution >= 4 is 21.7 Å². The number of ketones is 1. The van der Waals surface area contributed by atoms with E-state index < -0.39 is 10.0 Å². The van der Waals surface area contributed by atoms with Gasteiger partial charge in [0.05, 0.1) is 4.90 Å². The van der Waals surface area contributed by atoms with E-state index in [9.17, 15) is 18.0 Å². The van der Waals surface area contributed by atoms with E-state index in [0.717, 1.165) is 12.8 Å². The molecular weight excluding hydrogens is 352 g/mol. The van der Waals surface area contributed by atoms with E-state index in [2.05, 4.69) is 19.2 Å². The number of rotatable bonds is 11.